The number of alkyl carbamates (subject to hydrolysis) is 1. The second-order valence-electron chi connectivity index (χ2n) is 10.2. The van der Waals surface area contributed by atoms with Crippen LogP contribution in [0.25, 0.3) is 0 Å². The molecule has 0 aromatic carbocycles. The van der Waals surface area contributed by atoms with Gasteiger partial charge in [-0.3, -0.25) is 0 Å². The lowest BCUT2D eigenvalue weighted by Gasteiger charge is -2.42. The summed E-state index contributed by atoms with van der Waals surface area (Å²) in [4.78, 5) is 12.0. The van der Waals surface area contributed by atoms with Crippen molar-refractivity contribution < 1.29 is 23.4 Å². The molecule has 0 aliphatic carbocycles. The molecule has 1 heterocycles. The zero-order valence-corrected chi connectivity index (χ0v) is 20.8. The van der Waals surface area contributed by atoms with Gasteiger partial charge in [-0.15, -0.1) is 0 Å². The summed E-state index contributed by atoms with van der Waals surface area (Å²) in [6.45, 7) is 23.7. The van der Waals surface area contributed by atoms with Gasteiger partial charge in [0.25, 0.3) is 0 Å². The first kappa shape index (κ1) is 25.4. The molecule has 0 saturated carbocycles. The number of hydrogen-bond acceptors (Lipinski definition) is 5. The van der Waals surface area contributed by atoms with Gasteiger partial charge in [0.2, 0.25) is 0 Å². The third-order valence-electron chi connectivity index (χ3n) is 5.34. The van der Waals surface area contributed by atoms with E-state index in [1.54, 1.807) is 0 Å². The lowest BCUT2D eigenvalue weighted by Crippen LogP contribution is -2.50. The van der Waals surface area contributed by atoms with Crippen LogP contribution >= 0.6 is 0 Å². The van der Waals surface area contributed by atoms with Gasteiger partial charge >= 0.3 is 6.09 Å². The molecule has 1 N–H and O–H groups in total. The van der Waals surface area contributed by atoms with E-state index < -0.39 is 25.8 Å². The predicted octanol–water partition coefficient (Wildman–Crippen LogP) is 5.22. The average molecular weight is 418 g/mol. The van der Waals surface area contributed by atoms with E-state index in [1.165, 1.54) is 0 Å². The van der Waals surface area contributed by atoms with Crippen molar-refractivity contribution in [2.24, 2.45) is 0 Å². The van der Waals surface area contributed by atoms with Crippen LogP contribution in [0.2, 0.25) is 16.6 Å². The molecule has 28 heavy (non-hydrogen) atoms. The molecule has 1 aliphatic rings. The smallest absolute Gasteiger partial charge is 0.407 e. The summed E-state index contributed by atoms with van der Waals surface area (Å²) in [5, 5.41) is 2.80. The van der Waals surface area contributed by atoms with Crippen LogP contribution in [0, 0.1) is 0 Å². The van der Waals surface area contributed by atoms with Crippen molar-refractivity contribution in [2.45, 2.75) is 116 Å². The molecule has 1 aliphatic heterocycles. The third-order valence-corrected chi connectivity index (χ3v) is 11.4. The van der Waals surface area contributed by atoms with E-state index in [0.29, 0.717) is 29.8 Å². The summed E-state index contributed by atoms with van der Waals surface area (Å²) in [7, 11) is -2.00. The molecular formula is C21H43NO5Si. The Hall–Kier alpha value is -0.633. The number of ether oxygens (including phenoxy) is 3. The number of carbonyl (C=O) groups excluding carboxylic acids is 1. The van der Waals surface area contributed by atoms with Gasteiger partial charge in [-0.1, -0.05) is 41.5 Å². The van der Waals surface area contributed by atoms with Crippen LogP contribution in [0.3, 0.4) is 0 Å². The Balaban J connectivity index is 2.81. The summed E-state index contributed by atoms with van der Waals surface area (Å²) < 4.78 is 24.2. The summed E-state index contributed by atoms with van der Waals surface area (Å²) in [5.41, 5.74) is 0.971. The normalized spacial score (nSPS) is 22.9. The van der Waals surface area contributed by atoms with E-state index in [0.717, 1.165) is 0 Å². The molecule has 1 amide bonds. The Morgan fingerprint density at radius 2 is 1.46 bits per heavy atom. The molecular weight excluding hydrogens is 374 g/mol. The number of carbonyl (C=O) groups is 1. The number of rotatable bonds is 8. The SMILES string of the molecule is CC(C)[Si](OC[C@H]1OC(C)(C)O[C@@H]1CNC(=O)OC(C)(C)C)(C(C)C)C(C)C. The first-order valence-electron chi connectivity index (χ1n) is 10.6. The van der Waals surface area contributed by atoms with E-state index in [9.17, 15) is 4.79 Å². The molecule has 1 saturated heterocycles. The van der Waals surface area contributed by atoms with E-state index in [1.807, 2.05) is 34.6 Å². The Bertz CT molecular complexity index is 492. The van der Waals surface area contributed by atoms with Crippen LogP contribution in [0.5, 0.6) is 0 Å². The quantitative estimate of drug-likeness (QED) is 0.548. The Morgan fingerprint density at radius 3 is 1.89 bits per heavy atom. The van der Waals surface area contributed by atoms with Crippen LogP contribution in [0.4, 0.5) is 4.79 Å². The van der Waals surface area contributed by atoms with Gasteiger partial charge in [-0.2, -0.15) is 0 Å². The maximum atomic E-state index is 12.0. The van der Waals surface area contributed by atoms with Crippen molar-refractivity contribution in [2.75, 3.05) is 13.2 Å². The van der Waals surface area contributed by atoms with Crippen LogP contribution in [0.1, 0.15) is 76.2 Å². The Labute approximate surface area is 173 Å². The van der Waals surface area contributed by atoms with Gasteiger partial charge in [-0.05, 0) is 51.2 Å². The molecule has 1 fully saturated rings. The van der Waals surface area contributed by atoms with Crippen molar-refractivity contribution in [3.63, 3.8) is 0 Å². The van der Waals surface area contributed by atoms with Crippen LogP contribution in [0.15, 0.2) is 0 Å². The minimum Gasteiger partial charge on any atom is -0.444 e. The molecule has 7 heteroatoms. The average Bonchev–Trinajstić information content (AvgIpc) is 2.77. The van der Waals surface area contributed by atoms with E-state index in [2.05, 4.69) is 46.9 Å². The Morgan fingerprint density at radius 1 is 1.00 bits per heavy atom. The fraction of sp³-hybridized carbons (Fsp3) is 0.952. The summed E-state index contributed by atoms with van der Waals surface area (Å²) >= 11 is 0. The molecule has 0 aromatic heterocycles. The highest BCUT2D eigenvalue weighted by atomic mass is 28.4. The van der Waals surface area contributed by atoms with Gasteiger partial charge < -0.3 is 24.0 Å². The zero-order chi connectivity index (χ0) is 21.9. The monoisotopic (exact) mass is 417 g/mol. The molecule has 1 rings (SSSR count). The fourth-order valence-corrected chi connectivity index (χ4v) is 9.90. The molecule has 0 aromatic rings. The molecule has 0 spiro atoms. The van der Waals surface area contributed by atoms with Crippen molar-refractivity contribution >= 4 is 14.4 Å². The summed E-state index contributed by atoms with van der Waals surface area (Å²) in [6, 6.07) is 0. The zero-order valence-electron chi connectivity index (χ0n) is 19.8. The minimum atomic E-state index is -2.00. The fourth-order valence-electron chi connectivity index (χ4n) is 4.45. The number of amides is 1. The number of hydrogen-bond donors (Lipinski definition) is 1. The van der Waals surface area contributed by atoms with Gasteiger partial charge in [-0.25, -0.2) is 4.79 Å². The highest BCUT2D eigenvalue weighted by Gasteiger charge is 2.48. The molecule has 166 valence electrons. The van der Waals surface area contributed by atoms with Crippen molar-refractivity contribution in [3.8, 4) is 0 Å². The predicted molar refractivity (Wildman–Crippen MR) is 115 cm³/mol. The first-order valence-corrected chi connectivity index (χ1v) is 12.7. The van der Waals surface area contributed by atoms with Crippen LogP contribution in [-0.2, 0) is 18.6 Å². The maximum Gasteiger partial charge on any atom is 0.407 e. The lowest BCUT2D eigenvalue weighted by molar-refractivity contribution is -0.148. The topological polar surface area (TPSA) is 66.0 Å². The first-order chi connectivity index (χ1) is 12.6. The van der Waals surface area contributed by atoms with Gasteiger partial charge in [0.1, 0.15) is 17.8 Å². The van der Waals surface area contributed by atoms with Crippen molar-refractivity contribution in [1.82, 2.24) is 5.32 Å². The number of nitrogens with one attached hydrogen (secondary N) is 1. The largest absolute Gasteiger partial charge is 0.444 e. The molecule has 0 radical (unpaired) electrons. The Kier molecular flexibility index (Phi) is 8.58. The highest BCUT2D eigenvalue weighted by molar-refractivity contribution is 6.77. The van der Waals surface area contributed by atoms with E-state index >= 15 is 0 Å². The highest BCUT2D eigenvalue weighted by Crippen LogP contribution is 2.43. The van der Waals surface area contributed by atoms with Crippen LogP contribution < -0.4 is 5.32 Å². The van der Waals surface area contributed by atoms with E-state index in [4.69, 9.17) is 18.6 Å². The second kappa shape index (κ2) is 9.45. The van der Waals surface area contributed by atoms with E-state index in [-0.39, 0.29) is 12.2 Å². The lowest BCUT2D eigenvalue weighted by atomic mass is 10.2. The molecule has 6 nitrogen and oxygen atoms in total. The third kappa shape index (κ3) is 6.71. The standard InChI is InChI=1S/C21H43NO5Si/c1-14(2)28(15(3)4,16(5)6)24-13-18-17(25-21(10,11)26-18)12-22-19(23)27-20(7,8)9/h14-18H,12-13H2,1-11H3,(H,22,23)/t17-,18-/m1/s1. The van der Waals surface area contributed by atoms with Gasteiger partial charge in [0.05, 0.1) is 6.61 Å². The molecule has 0 bridgehead atoms. The van der Waals surface area contributed by atoms with Crippen molar-refractivity contribution in [3.05, 3.63) is 0 Å². The van der Waals surface area contributed by atoms with Crippen LogP contribution in [-0.4, -0.2) is 51.2 Å². The van der Waals surface area contributed by atoms with Gasteiger partial charge in [0.15, 0.2) is 14.1 Å². The maximum absolute atomic E-state index is 12.0. The summed E-state index contributed by atoms with van der Waals surface area (Å²) in [5.74, 6) is -0.702. The molecule has 0 unspecified atom stereocenters. The minimum absolute atomic E-state index is 0.229. The van der Waals surface area contributed by atoms with Gasteiger partial charge in [0, 0.05) is 6.54 Å². The van der Waals surface area contributed by atoms with Crippen molar-refractivity contribution in [1.29, 1.82) is 0 Å². The second-order valence-corrected chi connectivity index (χ2v) is 15.7. The molecule has 2 atom stereocenters. The summed E-state index contributed by atoms with van der Waals surface area (Å²) in [6.07, 6.45) is -0.954.